The normalized spacial score (nSPS) is 19.6. The molecular formula is C24H36N2O4. The number of hydrogen-bond donors (Lipinski definition) is 2. The molecule has 1 atom stereocenters. The summed E-state index contributed by atoms with van der Waals surface area (Å²) in [4.78, 5) is 36.8. The molecule has 0 heterocycles. The van der Waals surface area contributed by atoms with Crippen LogP contribution in [0.25, 0.3) is 0 Å². The number of nitrogens with one attached hydrogen (secondary N) is 2. The predicted octanol–water partition coefficient (Wildman–Crippen LogP) is 4.29. The maximum Gasteiger partial charge on any atom is 0.309 e. The summed E-state index contributed by atoms with van der Waals surface area (Å²) in [7, 11) is 0. The lowest BCUT2D eigenvalue weighted by Crippen LogP contribution is -2.41. The van der Waals surface area contributed by atoms with E-state index < -0.39 is 12.0 Å². The fourth-order valence-corrected chi connectivity index (χ4v) is 4.01. The zero-order valence-electron chi connectivity index (χ0n) is 18.8. The van der Waals surface area contributed by atoms with Crippen molar-refractivity contribution in [3.8, 4) is 0 Å². The van der Waals surface area contributed by atoms with Gasteiger partial charge in [0.1, 0.15) is 0 Å². The molecule has 30 heavy (non-hydrogen) atoms. The van der Waals surface area contributed by atoms with Crippen LogP contribution in [0, 0.1) is 25.7 Å². The largest absolute Gasteiger partial charge is 0.452 e. The van der Waals surface area contributed by atoms with Crippen molar-refractivity contribution in [2.75, 3.05) is 11.9 Å². The molecule has 1 aliphatic rings. The fraction of sp³-hybridized carbons (Fsp3) is 0.625. The minimum atomic E-state index is -0.914. The summed E-state index contributed by atoms with van der Waals surface area (Å²) in [5.41, 5.74) is 2.67. The van der Waals surface area contributed by atoms with E-state index in [9.17, 15) is 14.4 Å². The van der Waals surface area contributed by atoms with E-state index in [1.54, 1.807) is 6.92 Å². The van der Waals surface area contributed by atoms with Gasteiger partial charge in [0.2, 0.25) is 5.91 Å². The van der Waals surface area contributed by atoms with Gasteiger partial charge >= 0.3 is 5.97 Å². The summed E-state index contributed by atoms with van der Waals surface area (Å²) in [5, 5.41) is 5.37. The summed E-state index contributed by atoms with van der Waals surface area (Å²) >= 11 is 0. The summed E-state index contributed by atoms with van der Waals surface area (Å²) < 4.78 is 5.37. The Hall–Kier alpha value is -2.37. The second-order valence-corrected chi connectivity index (χ2v) is 8.47. The number of hydrogen-bond acceptors (Lipinski definition) is 4. The van der Waals surface area contributed by atoms with Crippen molar-refractivity contribution < 1.29 is 19.1 Å². The molecular weight excluding hydrogens is 380 g/mol. The minimum absolute atomic E-state index is 0.120. The first kappa shape index (κ1) is 23.9. The van der Waals surface area contributed by atoms with E-state index in [0.29, 0.717) is 5.92 Å². The predicted molar refractivity (Wildman–Crippen MR) is 118 cm³/mol. The number of ether oxygens (including phenoxy) is 1. The highest BCUT2D eigenvalue weighted by Crippen LogP contribution is 2.32. The Morgan fingerprint density at radius 2 is 1.73 bits per heavy atom. The number of esters is 1. The minimum Gasteiger partial charge on any atom is -0.452 e. The van der Waals surface area contributed by atoms with E-state index in [2.05, 4.69) is 17.6 Å². The first-order valence-corrected chi connectivity index (χ1v) is 11.2. The molecule has 1 saturated carbocycles. The third-order valence-corrected chi connectivity index (χ3v) is 5.98. The van der Waals surface area contributed by atoms with Crippen molar-refractivity contribution in [3.05, 3.63) is 29.3 Å². The van der Waals surface area contributed by atoms with Crippen LogP contribution in [0.4, 0.5) is 5.69 Å². The Labute approximate surface area is 180 Å². The van der Waals surface area contributed by atoms with E-state index >= 15 is 0 Å². The van der Waals surface area contributed by atoms with Gasteiger partial charge in [-0.05, 0) is 63.5 Å². The Morgan fingerprint density at radius 1 is 1.10 bits per heavy atom. The van der Waals surface area contributed by atoms with Crippen molar-refractivity contribution in [1.29, 1.82) is 0 Å². The smallest absolute Gasteiger partial charge is 0.309 e. The molecule has 0 bridgehead atoms. The first-order chi connectivity index (χ1) is 14.3. The molecule has 1 aliphatic carbocycles. The van der Waals surface area contributed by atoms with Crippen molar-refractivity contribution in [3.63, 3.8) is 0 Å². The third kappa shape index (κ3) is 7.15. The molecule has 1 unspecified atom stereocenters. The van der Waals surface area contributed by atoms with Crippen LogP contribution < -0.4 is 10.6 Å². The summed E-state index contributed by atoms with van der Waals surface area (Å²) in [5.74, 6) is -0.483. The lowest BCUT2D eigenvalue weighted by atomic mass is 9.80. The molecule has 6 heteroatoms. The van der Waals surface area contributed by atoms with Gasteiger partial charge < -0.3 is 15.4 Å². The zero-order valence-corrected chi connectivity index (χ0v) is 18.8. The number of para-hydroxylation sites is 1. The lowest BCUT2D eigenvalue weighted by Gasteiger charge is -2.27. The Bertz CT molecular complexity index is 718. The van der Waals surface area contributed by atoms with Crippen molar-refractivity contribution in [2.45, 2.75) is 78.7 Å². The average Bonchev–Trinajstić information content (AvgIpc) is 2.73. The monoisotopic (exact) mass is 416 g/mol. The van der Waals surface area contributed by atoms with Gasteiger partial charge in [0.05, 0.1) is 12.5 Å². The van der Waals surface area contributed by atoms with Crippen LogP contribution in [0.1, 0.15) is 69.9 Å². The van der Waals surface area contributed by atoms with Crippen LogP contribution in [0.3, 0.4) is 0 Å². The number of aryl methyl sites for hydroxylation is 2. The van der Waals surface area contributed by atoms with Crippen LogP contribution in [0.15, 0.2) is 18.2 Å². The van der Waals surface area contributed by atoms with Crippen LogP contribution in [-0.4, -0.2) is 30.4 Å². The van der Waals surface area contributed by atoms with Gasteiger partial charge in [-0.2, -0.15) is 0 Å². The van der Waals surface area contributed by atoms with Gasteiger partial charge in [-0.25, -0.2) is 0 Å². The quantitative estimate of drug-likeness (QED) is 0.588. The van der Waals surface area contributed by atoms with Gasteiger partial charge in [-0.3, -0.25) is 14.4 Å². The topological polar surface area (TPSA) is 84.5 Å². The number of benzene rings is 1. The molecule has 0 spiro atoms. The van der Waals surface area contributed by atoms with E-state index in [0.717, 1.165) is 42.5 Å². The van der Waals surface area contributed by atoms with E-state index in [-0.39, 0.29) is 24.3 Å². The standard InChI is InChI=1S/C24H36N2O4/c1-5-6-10-19-11-13-20(14-12-19)24(29)30-18(4)23(28)25-15-21(27)26-22-16(2)8-7-9-17(22)3/h7-9,18-20H,5-6,10-15H2,1-4H3,(H,25,28)(H,26,27). The number of rotatable bonds is 9. The fourth-order valence-electron chi connectivity index (χ4n) is 4.01. The molecule has 1 aromatic carbocycles. The second kappa shape index (κ2) is 11.7. The zero-order chi connectivity index (χ0) is 22.1. The molecule has 1 fully saturated rings. The molecule has 0 saturated heterocycles. The number of carbonyl (C=O) groups is 3. The highest BCUT2D eigenvalue weighted by Gasteiger charge is 2.29. The number of unbranched alkanes of at least 4 members (excludes halogenated alkanes) is 1. The Balaban J connectivity index is 1.73. The lowest BCUT2D eigenvalue weighted by molar-refractivity contribution is -0.160. The molecule has 2 amide bonds. The average molecular weight is 417 g/mol. The van der Waals surface area contributed by atoms with Gasteiger partial charge in [0.25, 0.3) is 5.91 Å². The first-order valence-electron chi connectivity index (χ1n) is 11.2. The second-order valence-electron chi connectivity index (χ2n) is 8.47. The van der Waals surface area contributed by atoms with Crippen LogP contribution in [0.2, 0.25) is 0 Å². The van der Waals surface area contributed by atoms with Crippen molar-refractivity contribution in [1.82, 2.24) is 5.32 Å². The summed E-state index contributed by atoms with van der Waals surface area (Å²) in [6, 6.07) is 5.76. The SMILES string of the molecule is CCCCC1CCC(C(=O)OC(C)C(=O)NCC(=O)Nc2c(C)cccc2C)CC1. The van der Waals surface area contributed by atoms with Crippen LogP contribution >= 0.6 is 0 Å². The molecule has 166 valence electrons. The van der Waals surface area contributed by atoms with Gasteiger partial charge in [0.15, 0.2) is 6.10 Å². The van der Waals surface area contributed by atoms with Gasteiger partial charge in [-0.15, -0.1) is 0 Å². The highest BCUT2D eigenvalue weighted by molar-refractivity contribution is 5.96. The maximum absolute atomic E-state index is 12.4. The summed E-state index contributed by atoms with van der Waals surface area (Å²) in [6.07, 6.45) is 6.55. The molecule has 2 N–H and O–H groups in total. The number of amides is 2. The summed E-state index contributed by atoms with van der Waals surface area (Å²) in [6.45, 7) is 7.41. The van der Waals surface area contributed by atoms with E-state index in [1.165, 1.54) is 19.3 Å². The highest BCUT2D eigenvalue weighted by atomic mass is 16.5. The molecule has 0 aromatic heterocycles. The number of anilines is 1. The maximum atomic E-state index is 12.4. The molecule has 0 aliphatic heterocycles. The Morgan fingerprint density at radius 3 is 2.33 bits per heavy atom. The molecule has 6 nitrogen and oxygen atoms in total. The van der Waals surface area contributed by atoms with Crippen molar-refractivity contribution in [2.24, 2.45) is 11.8 Å². The van der Waals surface area contributed by atoms with Gasteiger partial charge in [-0.1, -0.05) is 44.4 Å². The van der Waals surface area contributed by atoms with Crippen LogP contribution in [-0.2, 0) is 19.1 Å². The molecule has 0 radical (unpaired) electrons. The third-order valence-electron chi connectivity index (χ3n) is 5.98. The van der Waals surface area contributed by atoms with Gasteiger partial charge in [0, 0.05) is 5.69 Å². The number of carbonyl (C=O) groups excluding carboxylic acids is 3. The molecule has 2 rings (SSSR count). The van der Waals surface area contributed by atoms with Crippen molar-refractivity contribution >= 4 is 23.5 Å². The van der Waals surface area contributed by atoms with Crippen LogP contribution in [0.5, 0.6) is 0 Å². The Kier molecular flexibility index (Phi) is 9.34. The van der Waals surface area contributed by atoms with E-state index in [4.69, 9.17) is 4.74 Å². The van der Waals surface area contributed by atoms with E-state index in [1.807, 2.05) is 32.0 Å². The molecule has 1 aromatic rings.